The van der Waals surface area contributed by atoms with Crippen LogP contribution in [0.2, 0.25) is 0 Å². The Bertz CT molecular complexity index is 996. The number of aromatic nitrogens is 2. The minimum absolute atomic E-state index is 0.299. The first-order valence-electron chi connectivity index (χ1n) is 8.56. The maximum absolute atomic E-state index is 12.2. The van der Waals surface area contributed by atoms with Gasteiger partial charge in [0.1, 0.15) is 11.3 Å². The van der Waals surface area contributed by atoms with E-state index in [1.807, 2.05) is 30.8 Å². The summed E-state index contributed by atoms with van der Waals surface area (Å²) < 4.78 is 13.1. The Hall–Kier alpha value is -2.56. The first kappa shape index (κ1) is 17.3. The number of aryl methyl sites for hydroxylation is 2. The van der Waals surface area contributed by atoms with Gasteiger partial charge in [-0.1, -0.05) is 20.8 Å². The van der Waals surface area contributed by atoms with Gasteiger partial charge in [-0.3, -0.25) is 4.68 Å². The SMILES string of the molecule is CCc1c(C)c(=O)oc2cc(-c3cc(C(C)C)n(C)n3)cc(OC)c12. The van der Waals surface area contributed by atoms with Crippen molar-refractivity contribution in [1.82, 2.24) is 9.78 Å². The second-order valence-electron chi connectivity index (χ2n) is 6.63. The molecule has 3 rings (SSSR count). The molecule has 0 radical (unpaired) electrons. The maximum Gasteiger partial charge on any atom is 0.339 e. The molecule has 5 heteroatoms. The number of nitrogens with zero attached hydrogens (tertiary/aromatic N) is 2. The first-order chi connectivity index (χ1) is 11.9. The van der Waals surface area contributed by atoms with E-state index in [0.717, 1.165) is 34.3 Å². The van der Waals surface area contributed by atoms with Crippen LogP contribution in [0.15, 0.2) is 27.4 Å². The van der Waals surface area contributed by atoms with Crippen LogP contribution < -0.4 is 10.4 Å². The van der Waals surface area contributed by atoms with E-state index >= 15 is 0 Å². The van der Waals surface area contributed by atoms with E-state index in [0.29, 0.717) is 22.8 Å². The monoisotopic (exact) mass is 340 g/mol. The lowest BCUT2D eigenvalue weighted by molar-refractivity contribution is 0.418. The van der Waals surface area contributed by atoms with Gasteiger partial charge in [0.15, 0.2) is 0 Å². The zero-order valence-corrected chi connectivity index (χ0v) is 15.6. The molecule has 0 saturated heterocycles. The predicted octanol–water partition coefficient (Wildman–Crippen LogP) is 4.20. The Morgan fingerprint density at radius 2 is 2.00 bits per heavy atom. The number of fused-ring (bicyclic) bond motifs is 1. The second kappa shape index (κ2) is 6.39. The lowest BCUT2D eigenvalue weighted by atomic mass is 9.99. The van der Waals surface area contributed by atoms with Crippen LogP contribution in [0.3, 0.4) is 0 Å². The molecule has 0 aliphatic rings. The summed E-state index contributed by atoms with van der Waals surface area (Å²) in [5, 5.41) is 5.47. The number of rotatable bonds is 4. The molecule has 0 saturated carbocycles. The molecule has 25 heavy (non-hydrogen) atoms. The Kier molecular flexibility index (Phi) is 4.41. The van der Waals surface area contributed by atoms with E-state index in [-0.39, 0.29) is 5.63 Å². The van der Waals surface area contributed by atoms with Crippen molar-refractivity contribution in [2.45, 2.75) is 40.0 Å². The molecule has 1 aromatic carbocycles. The molecule has 0 atom stereocenters. The molecule has 3 aromatic rings. The Labute approximate surface area is 147 Å². The summed E-state index contributed by atoms with van der Waals surface area (Å²) in [5.41, 5.74) is 4.72. The van der Waals surface area contributed by atoms with Crippen LogP contribution in [0.5, 0.6) is 5.75 Å². The minimum Gasteiger partial charge on any atom is -0.496 e. The van der Waals surface area contributed by atoms with Gasteiger partial charge in [0.05, 0.1) is 18.2 Å². The normalized spacial score (nSPS) is 11.5. The number of ether oxygens (including phenoxy) is 1. The molecule has 0 aliphatic carbocycles. The summed E-state index contributed by atoms with van der Waals surface area (Å²) >= 11 is 0. The summed E-state index contributed by atoms with van der Waals surface area (Å²) in [6.07, 6.45) is 0.741. The van der Waals surface area contributed by atoms with Crippen molar-refractivity contribution < 1.29 is 9.15 Å². The number of hydrogen-bond acceptors (Lipinski definition) is 4. The first-order valence-corrected chi connectivity index (χ1v) is 8.56. The van der Waals surface area contributed by atoms with E-state index < -0.39 is 0 Å². The molecule has 0 spiro atoms. The standard InChI is InChI=1S/C20H24N2O3/c1-7-14-12(4)20(23)25-18-9-13(8-17(24-6)19(14)18)15-10-16(11(2)3)22(5)21-15/h8-11H,7H2,1-6H3. The summed E-state index contributed by atoms with van der Waals surface area (Å²) in [7, 11) is 3.58. The highest BCUT2D eigenvalue weighted by atomic mass is 16.5. The molecular formula is C20H24N2O3. The summed E-state index contributed by atoms with van der Waals surface area (Å²) in [5.74, 6) is 1.08. The second-order valence-corrected chi connectivity index (χ2v) is 6.63. The average molecular weight is 340 g/mol. The van der Waals surface area contributed by atoms with E-state index in [4.69, 9.17) is 9.15 Å². The van der Waals surface area contributed by atoms with Crippen molar-refractivity contribution in [2.24, 2.45) is 7.05 Å². The van der Waals surface area contributed by atoms with Crippen molar-refractivity contribution in [3.63, 3.8) is 0 Å². The van der Waals surface area contributed by atoms with Crippen molar-refractivity contribution in [2.75, 3.05) is 7.11 Å². The van der Waals surface area contributed by atoms with Crippen LogP contribution >= 0.6 is 0 Å². The van der Waals surface area contributed by atoms with Crippen LogP contribution in [0, 0.1) is 6.92 Å². The molecule has 0 fully saturated rings. The summed E-state index contributed by atoms with van der Waals surface area (Å²) in [6, 6.07) is 5.91. The van der Waals surface area contributed by atoms with Gasteiger partial charge in [0.2, 0.25) is 0 Å². The maximum atomic E-state index is 12.2. The smallest absolute Gasteiger partial charge is 0.339 e. The third-order valence-electron chi connectivity index (χ3n) is 4.71. The molecule has 0 N–H and O–H groups in total. The van der Waals surface area contributed by atoms with Crippen LogP contribution in [-0.2, 0) is 13.5 Å². The minimum atomic E-state index is -0.299. The fourth-order valence-electron chi connectivity index (χ4n) is 3.37. The molecule has 2 heterocycles. The molecular weight excluding hydrogens is 316 g/mol. The zero-order valence-electron chi connectivity index (χ0n) is 15.6. The number of hydrogen-bond donors (Lipinski definition) is 0. The topological polar surface area (TPSA) is 57.3 Å². The highest BCUT2D eigenvalue weighted by Crippen LogP contribution is 2.35. The van der Waals surface area contributed by atoms with Crippen molar-refractivity contribution in [1.29, 1.82) is 0 Å². The largest absolute Gasteiger partial charge is 0.496 e. The van der Waals surface area contributed by atoms with Gasteiger partial charge in [-0.15, -0.1) is 0 Å². The highest BCUT2D eigenvalue weighted by Gasteiger charge is 2.18. The quantitative estimate of drug-likeness (QED) is 0.668. The Morgan fingerprint density at radius 1 is 1.28 bits per heavy atom. The van der Waals surface area contributed by atoms with Gasteiger partial charge >= 0.3 is 5.63 Å². The van der Waals surface area contributed by atoms with Crippen molar-refractivity contribution in [3.8, 4) is 17.0 Å². The molecule has 2 aromatic heterocycles. The highest BCUT2D eigenvalue weighted by molar-refractivity contribution is 5.91. The molecule has 0 amide bonds. The summed E-state index contributed by atoms with van der Waals surface area (Å²) in [4.78, 5) is 12.2. The third-order valence-corrected chi connectivity index (χ3v) is 4.71. The molecule has 132 valence electrons. The molecule has 0 aliphatic heterocycles. The zero-order chi connectivity index (χ0) is 18.3. The van der Waals surface area contributed by atoms with Crippen molar-refractivity contribution in [3.05, 3.63) is 45.4 Å². The number of methoxy groups -OCH3 is 1. The molecule has 0 unspecified atom stereocenters. The van der Waals surface area contributed by atoms with E-state index in [1.165, 1.54) is 0 Å². The van der Waals surface area contributed by atoms with Gasteiger partial charge in [-0.2, -0.15) is 5.10 Å². The Morgan fingerprint density at radius 3 is 2.56 bits per heavy atom. The molecule has 0 bridgehead atoms. The van der Waals surface area contributed by atoms with Gasteiger partial charge < -0.3 is 9.15 Å². The summed E-state index contributed by atoms with van der Waals surface area (Å²) in [6.45, 7) is 8.10. The van der Waals surface area contributed by atoms with E-state index in [9.17, 15) is 4.79 Å². The fourth-order valence-corrected chi connectivity index (χ4v) is 3.37. The van der Waals surface area contributed by atoms with Gasteiger partial charge in [-0.05, 0) is 43.0 Å². The van der Waals surface area contributed by atoms with Crippen LogP contribution in [0.4, 0.5) is 0 Å². The number of benzene rings is 1. The lowest BCUT2D eigenvalue weighted by Gasteiger charge is -2.12. The van der Waals surface area contributed by atoms with Crippen LogP contribution in [0.25, 0.3) is 22.2 Å². The van der Waals surface area contributed by atoms with E-state index in [1.54, 1.807) is 14.0 Å². The Balaban J connectivity index is 2.31. The van der Waals surface area contributed by atoms with Gasteiger partial charge in [0.25, 0.3) is 0 Å². The fraction of sp³-hybridized carbons (Fsp3) is 0.400. The third kappa shape index (κ3) is 2.84. The van der Waals surface area contributed by atoms with Crippen molar-refractivity contribution >= 4 is 11.0 Å². The van der Waals surface area contributed by atoms with Crippen LogP contribution in [-0.4, -0.2) is 16.9 Å². The predicted molar refractivity (Wildman–Crippen MR) is 99.4 cm³/mol. The van der Waals surface area contributed by atoms with Crippen LogP contribution in [0.1, 0.15) is 43.5 Å². The molecule has 5 nitrogen and oxygen atoms in total. The lowest BCUT2D eigenvalue weighted by Crippen LogP contribution is -2.08. The average Bonchev–Trinajstić information content (AvgIpc) is 2.97. The van der Waals surface area contributed by atoms with Gasteiger partial charge in [-0.25, -0.2) is 4.79 Å². The van der Waals surface area contributed by atoms with Gasteiger partial charge in [0, 0.05) is 23.9 Å². The van der Waals surface area contributed by atoms with E-state index in [2.05, 4.69) is 25.0 Å².